The molecule has 0 aromatic heterocycles. The second kappa shape index (κ2) is 182. The summed E-state index contributed by atoms with van der Waals surface area (Å²) in [4.78, 5) is 0. The molecular formula is C17H46BY-2. The fourth-order valence-corrected chi connectivity index (χ4v) is 0.393. The van der Waals surface area contributed by atoms with Crippen molar-refractivity contribution < 1.29 is 34.1 Å². The summed E-state index contributed by atoms with van der Waals surface area (Å²) in [6.07, 6.45) is 9.50. The van der Waals surface area contributed by atoms with E-state index < -0.39 is 0 Å². The smallest absolute Gasteiger partial charge is 0 e. The molecule has 0 fully saturated rings. The van der Waals surface area contributed by atoms with E-state index >= 15 is 0 Å². The van der Waals surface area contributed by atoms with Gasteiger partial charge in [-0.15, -0.1) is 0 Å². The topological polar surface area (TPSA) is 0 Å². The quantitative estimate of drug-likeness (QED) is 0.311. The van der Waals surface area contributed by atoms with Crippen LogP contribution in [0.25, 0.3) is 0 Å². The van der Waals surface area contributed by atoms with E-state index in [4.69, 9.17) is 0 Å². The predicted molar refractivity (Wildman–Crippen MR) is 102 cm³/mol. The van der Waals surface area contributed by atoms with Crippen LogP contribution in [-0.2, 0) is 32.7 Å². The molecule has 2 heteroatoms. The minimum Gasteiger partial charge on any atom is -0.358 e. The van der Waals surface area contributed by atoms with Crippen molar-refractivity contribution in [1.82, 2.24) is 0 Å². The largest absolute Gasteiger partial charge is 0.358 e. The number of hydrogen-bond acceptors (Lipinski definition) is 0. The summed E-state index contributed by atoms with van der Waals surface area (Å²) >= 11 is 0. The minimum atomic E-state index is 0. The van der Waals surface area contributed by atoms with Crippen molar-refractivity contribution in [3.63, 3.8) is 0 Å². The zero-order chi connectivity index (χ0) is 11.5. The maximum Gasteiger partial charge on any atom is 0 e. The van der Waals surface area contributed by atoms with Crippen LogP contribution in [0, 0.1) is 14.9 Å². The van der Waals surface area contributed by atoms with Gasteiger partial charge >= 0.3 is 0 Å². The third-order valence-corrected chi connectivity index (χ3v) is 0.655. The molecule has 0 saturated carbocycles. The first kappa shape index (κ1) is 73.4. The van der Waals surface area contributed by atoms with Gasteiger partial charge in [0.25, 0.3) is 0 Å². The van der Waals surface area contributed by atoms with Gasteiger partial charge in [-0.2, -0.15) is 0 Å². The monoisotopic (exact) mass is 351 g/mol. The van der Waals surface area contributed by atoms with Crippen LogP contribution in [-0.4, -0.2) is 8.41 Å². The molecule has 19 heavy (non-hydrogen) atoms. The molecule has 0 spiro atoms. The Morgan fingerprint density at radius 3 is 0.842 bits per heavy atom. The zero-order valence-electron chi connectivity index (χ0n) is 14.2. The molecule has 0 aromatic rings. The number of hydrogen-bond donors (Lipinski definition) is 0. The molecule has 0 aromatic carbocycles. The maximum atomic E-state index is 2.12. The van der Waals surface area contributed by atoms with Crippen LogP contribution in [0.15, 0.2) is 24.3 Å². The Hall–Kier alpha value is 0.649. The Balaban J connectivity index is -0.00000000556. The van der Waals surface area contributed by atoms with Crippen molar-refractivity contribution in [2.45, 2.75) is 76.7 Å². The summed E-state index contributed by atoms with van der Waals surface area (Å²) in [5.41, 5.74) is 0. The first-order chi connectivity index (χ1) is 6.50. The van der Waals surface area contributed by atoms with E-state index in [1.807, 2.05) is 55.4 Å². The minimum absolute atomic E-state index is 0. The second-order valence-corrected chi connectivity index (χ2v) is 1.09. The van der Waals surface area contributed by atoms with Gasteiger partial charge in [0.2, 0.25) is 0 Å². The Bertz CT molecular complexity index is 75.1. The van der Waals surface area contributed by atoms with Crippen LogP contribution in [0.3, 0.4) is 0 Å². The molecule has 0 heterocycles. The fraction of sp³-hybridized carbons (Fsp3) is 0.647. The standard InChI is InChI=1S/C5H6.4C2H6.2CH4.2CH3.B.Y.H2/c1-2-4-5-3-1;4*1-2;;;;;;;/h1-4H,5H2;4*1-2H3;2*1H4;2*1H3;;;1H/q;;;;;;;2*-1;;;/i;;;;;;;;;;;1+1. The van der Waals surface area contributed by atoms with Crippen LogP contribution >= 0.6 is 0 Å². The SMILES string of the molecule is C.C.C1=CCC=C1.CC.CC.CC.CC.[2HH].[B].[CH3-].[CH3-].[Y]. The van der Waals surface area contributed by atoms with Gasteiger partial charge in [-0.3, -0.25) is 0 Å². The molecule has 0 nitrogen and oxygen atoms in total. The first-order valence-electron chi connectivity index (χ1n) is 5.82. The Kier molecular flexibility index (Phi) is 703. The molecule has 0 amide bonds. The van der Waals surface area contributed by atoms with Crippen LogP contribution < -0.4 is 0 Å². The normalized spacial score (nSPS) is 5.89. The van der Waals surface area contributed by atoms with Crippen molar-refractivity contribution in [2.75, 3.05) is 0 Å². The molecule has 0 saturated heterocycles. The van der Waals surface area contributed by atoms with Crippen molar-refractivity contribution in [3.05, 3.63) is 39.2 Å². The van der Waals surface area contributed by atoms with Crippen molar-refractivity contribution >= 4 is 8.41 Å². The van der Waals surface area contributed by atoms with Gasteiger partial charge in [-0.05, 0) is 6.42 Å². The van der Waals surface area contributed by atoms with Crippen molar-refractivity contribution in [1.29, 1.82) is 0 Å². The molecule has 1 rings (SSSR count). The van der Waals surface area contributed by atoms with Gasteiger partial charge < -0.3 is 14.9 Å². The van der Waals surface area contributed by atoms with E-state index in [0.29, 0.717) is 0 Å². The summed E-state index contributed by atoms with van der Waals surface area (Å²) in [7, 11) is 0. The fourth-order valence-electron chi connectivity index (χ4n) is 0.393. The third-order valence-electron chi connectivity index (χ3n) is 0.655. The molecule has 0 atom stereocenters. The van der Waals surface area contributed by atoms with E-state index in [9.17, 15) is 0 Å². The second-order valence-electron chi connectivity index (χ2n) is 1.09. The van der Waals surface area contributed by atoms with Crippen molar-refractivity contribution in [3.8, 4) is 0 Å². The third kappa shape index (κ3) is 162. The van der Waals surface area contributed by atoms with Gasteiger partial charge in [0, 0.05) is 42.5 Å². The summed E-state index contributed by atoms with van der Waals surface area (Å²) in [5.74, 6) is 0. The van der Waals surface area contributed by atoms with Crippen LogP contribution in [0.1, 0.15) is 78.1 Å². The maximum absolute atomic E-state index is 2.12. The molecule has 0 bridgehead atoms. The summed E-state index contributed by atoms with van der Waals surface area (Å²) < 4.78 is 0. The molecular weight excluding hydrogens is 304 g/mol. The molecule has 122 valence electrons. The molecule has 0 N–H and O–H groups in total. The van der Waals surface area contributed by atoms with Crippen LogP contribution in [0.2, 0.25) is 0 Å². The molecule has 1 aliphatic rings. The average Bonchev–Trinajstić information content (AvgIpc) is 2.87. The van der Waals surface area contributed by atoms with Gasteiger partial charge in [-0.1, -0.05) is 94.5 Å². The summed E-state index contributed by atoms with van der Waals surface area (Å²) in [6.45, 7) is 16.0. The average molecular weight is 351 g/mol. The van der Waals surface area contributed by atoms with Gasteiger partial charge in [-0.25, -0.2) is 0 Å². The van der Waals surface area contributed by atoms with E-state index in [0.717, 1.165) is 6.42 Å². The Morgan fingerprint density at radius 2 is 0.789 bits per heavy atom. The van der Waals surface area contributed by atoms with Gasteiger partial charge in [0.1, 0.15) is 0 Å². The van der Waals surface area contributed by atoms with Crippen molar-refractivity contribution in [2.24, 2.45) is 0 Å². The van der Waals surface area contributed by atoms with E-state index in [2.05, 4.69) is 24.3 Å². The van der Waals surface area contributed by atoms with E-state index in [-0.39, 0.29) is 72.3 Å². The molecule has 4 radical (unpaired) electrons. The molecule has 0 aliphatic heterocycles. The predicted octanol–water partition coefficient (Wildman–Crippen LogP) is 7.64. The first-order valence-corrected chi connectivity index (χ1v) is 5.82. The number of rotatable bonds is 0. The van der Waals surface area contributed by atoms with Crippen LogP contribution in [0.4, 0.5) is 0 Å². The summed E-state index contributed by atoms with van der Waals surface area (Å²) in [6, 6.07) is 0. The molecule has 0 unspecified atom stereocenters. The van der Waals surface area contributed by atoms with Gasteiger partial charge in [0.05, 0.1) is 0 Å². The Labute approximate surface area is 157 Å². The number of allylic oxidation sites excluding steroid dienone is 4. The van der Waals surface area contributed by atoms with Crippen LogP contribution in [0.5, 0.6) is 0 Å². The Morgan fingerprint density at radius 1 is 0.632 bits per heavy atom. The van der Waals surface area contributed by atoms with E-state index in [1.165, 1.54) is 0 Å². The van der Waals surface area contributed by atoms with Gasteiger partial charge in [0.15, 0.2) is 0 Å². The summed E-state index contributed by atoms with van der Waals surface area (Å²) in [5, 5.41) is 0. The zero-order valence-corrected chi connectivity index (χ0v) is 17.0. The van der Waals surface area contributed by atoms with E-state index in [1.54, 1.807) is 0 Å². The molecule has 1 aliphatic carbocycles.